The molecule has 0 aromatic rings. The van der Waals surface area contributed by atoms with E-state index in [1.165, 1.54) is 25.7 Å². The van der Waals surface area contributed by atoms with Crippen LogP contribution in [0.3, 0.4) is 0 Å². The number of aliphatic hydroxyl groups is 2. The Balaban J connectivity index is 2.69. The summed E-state index contributed by atoms with van der Waals surface area (Å²) < 4.78 is 28.4. The van der Waals surface area contributed by atoms with E-state index in [9.17, 15) is 34.5 Å². The van der Waals surface area contributed by atoms with Crippen LogP contribution in [0.1, 0.15) is 239 Å². The lowest BCUT2D eigenvalue weighted by molar-refractivity contribution is -0.301. The number of allylic oxidation sites excluding steroid dienone is 16. The molecule has 1 saturated heterocycles. The first-order chi connectivity index (χ1) is 37.6. The maximum absolute atomic E-state index is 13.1. The van der Waals surface area contributed by atoms with Gasteiger partial charge in [-0.25, -0.2) is 4.79 Å². The van der Waals surface area contributed by atoms with E-state index in [0.717, 1.165) is 154 Å². The van der Waals surface area contributed by atoms with Gasteiger partial charge in [0.15, 0.2) is 24.6 Å². The van der Waals surface area contributed by atoms with Gasteiger partial charge in [0, 0.05) is 19.3 Å². The SMILES string of the molecule is CC/C=C\C/C=C\C/C=C\C/C=C\CCCCCCCCC(=O)OC1C(OCC(COC(=O)CCCCCCC/C=C\C/C=C\C/C=C\CC)OC(=O)CCCCCCC/C=C\CCCCCC)OC(C(=O)O)C(O)C1O. The van der Waals surface area contributed by atoms with Crippen molar-refractivity contribution in [1.29, 1.82) is 0 Å². The Labute approximate surface area is 466 Å². The van der Waals surface area contributed by atoms with Gasteiger partial charge in [-0.1, -0.05) is 201 Å². The number of aliphatic hydroxyl groups excluding tert-OH is 2. The molecule has 6 atom stereocenters. The largest absolute Gasteiger partial charge is 0.479 e. The molecular formula is C65H106O12. The molecule has 1 aliphatic heterocycles. The number of carbonyl (C=O) groups is 4. The lowest BCUT2D eigenvalue weighted by Crippen LogP contribution is -2.61. The fraction of sp³-hybridized carbons (Fsp3) is 0.692. The van der Waals surface area contributed by atoms with Gasteiger partial charge in [0.1, 0.15) is 18.8 Å². The molecule has 0 radical (unpaired) electrons. The van der Waals surface area contributed by atoms with Gasteiger partial charge >= 0.3 is 23.9 Å². The van der Waals surface area contributed by atoms with E-state index in [0.29, 0.717) is 19.3 Å². The summed E-state index contributed by atoms with van der Waals surface area (Å²) in [5.41, 5.74) is 0. The van der Waals surface area contributed by atoms with Gasteiger partial charge in [0.25, 0.3) is 0 Å². The van der Waals surface area contributed by atoms with Crippen molar-refractivity contribution in [3.8, 4) is 0 Å². The number of carboxylic acid groups (broad SMARTS) is 1. The monoisotopic (exact) mass is 1080 g/mol. The first-order valence-electron chi connectivity index (χ1n) is 30.2. The van der Waals surface area contributed by atoms with Crippen molar-refractivity contribution >= 4 is 23.9 Å². The minimum atomic E-state index is -1.92. The standard InChI is InChI=1S/C65H106O12/c1-4-7-10-13-16-19-22-25-27-28-29-30-32-35-38-41-44-47-50-53-59(68)76-63-61(70)60(69)62(64(71)72)77-65(63)74-55-56(75-58(67)52-49-46-43-40-37-33-24-21-18-15-12-9-6-3)54-73-57(66)51-48-45-42-39-36-34-31-26-23-20-17-14-11-8-5-2/h7-8,10-11,16-17,19-21,24-27,29-31,56,60-63,65,69-70H,4-6,9,12-15,18,22-23,28,32-55H2,1-3H3,(H,71,72)/b10-7-,11-8-,19-16-,20-17-,24-21-,27-25-,30-29-,31-26-. The van der Waals surface area contributed by atoms with Crippen molar-refractivity contribution in [2.75, 3.05) is 13.2 Å². The predicted molar refractivity (Wildman–Crippen MR) is 312 cm³/mol. The van der Waals surface area contributed by atoms with E-state index >= 15 is 0 Å². The fourth-order valence-corrected chi connectivity index (χ4v) is 8.54. The Bertz CT molecular complexity index is 1710. The number of carbonyl (C=O) groups excluding carboxylic acids is 3. The van der Waals surface area contributed by atoms with Crippen LogP contribution >= 0.6 is 0 Å². The maximum Gasteiger partial charge on any atom is 0.335 e. The summed E-state index contributed by atoms with van der Waals surface area (Å²) in [6.45, 7) is 5.72. The number of hydrogen-bond acceptors (Lipinski definition) is 11. The number of unbranched alkanes of at least 4 members (excludes halogenated alkanes) is 20. The molecule has 3 N–H and O–H groups in total. The first kappa shape index (κ1) is 70.7. The normalized spacial score (nSPS) is 18.7. The van der Waals surface area contributed by atoms with Gasteiger partial charge in [-0.15, -0.1) is 0 Å². The quantitative estimate of drug-likeness (QED) is 0.0228. The van der Waals surface area contributed by atoms with Crippen molar-refractivity contribution in [2.24, 2.45) is 0 Å². The molecule has 77 heavy (non-hydrogen) atoms. The lowest BCUT2D eigenvalue weighted by Gasteiger charge is -2.40. The molecule has 1 heterocycles. The van der Waals surface area contributed by atoms with E-state index in [1.807, 2.05) is 0 Å². The third-order valence-electron chi connectivity index (χ3n) is 13.1. The summed E-state index contributed by atoms with van der Waals surface area (Å²) >= 11 is 0. The van der Waals surface area contributed by atoms with Crippen LogP contribution in [0.4, 0.5) is 0 Å². The molecule has 0 bridgehead atoms. The number of aliphatic carboxylic acids is 1. The molecule has 6 unspecified atom stereocenters. The Morgan fingerprint density at radius 3 is 1.26 bits per heavy atom. The van der Waals surface area contributed by atoms with Crippen LogP contribution in [0, 0.1) is 0 Å². The zero-order chi connectivity index (χ0) is 56.1. The maximum atomic E-state index is 13.1. The summed E-state index contributed by atoms with van der Waals surface area (Å²) in [4.78, 5) is 51.2. The van der Waals surface area contributed by atoms with E-state index in [-0.39, 0.29) is 25.9 Å². The molecule has 0 aliphatic carbocycles. The lowest BCUT2D eigenvalue weighted by atomic mass is 9.98. The summed E-state index contributed by atoms with van der Waals surface area (Å²) in [5.74, 6) is -3.18. The number of rotatable bonds is 50. The number of hydrogen-bond donors (Lipinski definition) is 3. The molecule has 1 rings (SSSR count). The Morgan fingerprint density at radius 2 is 0.818 bits per heavy atom. The molecule has 0 amide bonds. The average Bonchev–Trinajstić information content (AvgIpc) is 3.42. The minimum Gasteiger partial charge on any atom is -0.479 e. The second kappa shape index (κ2) is 52.3. The Kier molecular flexibility index (Phi) is 48.0. The van der Waals surface area contributed by atoms with Crippen LogP contribution in [0.5, 0.6) is 0 Å². The number of ether oxygens (including phenoxy) is 5. The van der Waals surface area contributed by atoms with Crippen LogP contribution in [0.25, 0.3) is 0 Å². The second-order valence-corrected chi connectivity index (χ2v) is 20.2. The highest BCUT2D eigenvalue weighted by atomic mass is 16.7. The minimum absolute atomic E-state index is 0.0376. The van der Waals surface area contributed by atoms with E-state index in [1.54, 1.807) is 0 Å². The molecule has 0 aromatic carbocycles. The summed E-state index contributed by atoms with van der Waals surface area (Å²) in [6.07, 6.45) is 56.5. The molecule has 0 aromatic heterocycles. The highest BCUT2D eigenvalue weighted by Crippen LogP contribution is 2.26. The zero-order valence-corrected chi connectivity index (χ0v) is 48.2. The van der Waals surface area contributed by atoms with Gasteiger partial charge < -0.3 is 39.0 Å². The molecule has 438 valence electrons. The van der Waals surface area contributed by atoms with Crippen LogP contribution < -0.4 is 0 Å². The molecule has 12 nitrogen and oxygen atoms in total. The first-order valence-corrected chi connectivity index (χ1v) is 30.2. The van der Waals surface area contributed by atoms with Crippen molar-refractivity contribution in [2.45, 2.75) is 276 Å². The third kappa shape index (κ3) is 42.3. The summed E-state index contributed by atoms with van der Waals surface area (Å²) in [6, 6.07) is 0. The Morgan fingerprint density at radius 1 is 0.442 bits per heavy atom. The molecule has 0 saturated carbocycles. The fourth-order valence-electron chi connectivity index (χ4n) is 8.54. The van der Waals surface area contributed by atoms with Crippen LogP contribution in [-0.2, 0) is 42.9 Å². The predicted octanol–water partition coefficient (Wildman–Crippen LogP) is 15.7. The van der Waals surface area contributed by atoms with Gasteiger partial charge in [0.05, 0.1) is 6.61 Å². The number of esters is 3. The van der Waals surface area contributed by atoms with Crippen molar-refractivity contribution in [1.82, 2.24) is 0 Å². The molecule has 1 aliphatic rings. The van der Waals surface area contributed by atoms with E-state index in [4.69, 9.17) is 23.7 Å². The third-order valence-corrected chi connectivity index (χ3v) is 13.1. The van der Waals surface area contributed by atoms with E-state index in [2.05, 4.69) is 118 Å². The van der Waals surface area contributed by atoms with Crippen LogP contribution in [0.2, 0.25) is 0 Å². The molecule has 1 fully saturated rings. The summed E-state index contributed by atoms with van der Waals surface area (Å²) in [7, 11) is 0. The number of carboxylic acids is 1. The van der Waals surface area contributed by atoms with Crippen LogP contribution in [-0.4, -0.2) is 89.2 Å². The molecular weight excluding hydrogens is 973 g/mol. The highest BCUT2D eigenvalue weighted by Gasteiger charge is 2.50. The average molecular weight is 1080 g/mol. The van der Waals surface area contributed by atoms with Gasteiger partial charge in [0.2, 0.25) is 0 Å². The van der Waals surface area contributed by atoms with Gasteiger partial charge in [-0.05, 0) is 116 Å². The zero-order valence-electron chi connectivity index (χ0n) is 48.2. The molecule has 12 heteroatoms. The van der Waals surface area contributed by atoms with Gasteiger partial charge in [-0.2, -0.15) is 0 Å². The van der Waals surface area contributed by atoms with Crippen molar-refractivity contribution in [3.63, 3.8) is 0 Å². The van der Waals surface area contributed by atoms with Crippen LogP contribution in [0.15, 0.2) is 97.2 Å². The van der Waals surface area contributed by atoms with Crippen molar-refractivity contribution < 1.29 is 58.2 Å². The Hall–Kier alpha value is -4.36. The van der Waals surface area contributed by atoms with Crippen molar-refractivity contribution in [3.05, 3.63) is 97.2 Å². The second-order valence-electron chi connectivity index (χ2n) is 20.2. The molecule has 0 spiro atoms. The van der Waals surface area contributed by atoms with E-state index < -0.39 is 67.3 Å². The smallest absolute Gasteiger partial charge is 0.335 e. The van der Waals surface area contributed by atoms with Gasteiger partial charge in [-0.3, -0.25) is 14.4 Å². The topological polar surface area (TPSA) is 175 Å². The summed E-state index contributed by atoms with van der Waals surface area (Å²) in [5, 5.41) is 31.5. The highest BCUT2D eigenvalue weighted by molar-refractivity contribution is 5.74.